The van der Waals surface area contributed by atoms with Gasteiger partial charge in [0.05, 0.1) is 33.9 Å². The number of aryl methyl sites for hydroxylation is 1. The molecule has 5 rings (SSSR count). The van der Waals surface area contributed by atoms with Gasteiger partial charge in [0, 0.05) is 10.8 Å². The van der Waals surface area contributed by atoms with E-state index in [0.717, 1.165) is 38.8 Å². The van der Waals surface area contributed by atoms with Gasteiger partial charge in [0.1, 0.15) is 12.4 Å². The number of hydrogen-bond acceptors (Lipinski definition) is 4. The Morgan fingerprint density at radius 2 is 1.89 bits per heavy atom. The maximum absolute atomic E-state index is 12.8. The molecule has 4 aromatic rings. The zero-order valence-corrected chi connectivity index (χ0v) is 16.1. The molecular weight excluding hydrogens is 372 g/mol. The van der Waals surface area contributed by atoms with E-state index < -0.39 is 0 Å². The van der Waals surface area contributed by atoms with Crippen LogP contribution in [-0.4, -0.2) is 44.3 Å². The summed E-state index contributed by atoms with van der Waals surface area (Å²) in [5.41, 5.74) is 3.58. The first-order valence-corrected chi connectivity index (χ1v) is 10.2. The average Bonchev–Trinajstić information content (AvgIpc) is 3.24. The summed E-state index contributed by atoms with van der Waals surface area (Å²) in [4.78, 5) is 31.0. The van der Waals surface area contributed by atoms with E-state index in [0.29, 0.717) is 11.6 Å². The highest BCUT2D eigenvalue weighted by Gasteiger charge is 2.24. The maximum Gasteiger partial charge on any atom is 0.244 e. The van der Waals surface area contributed by atoms with Crippen LogP contribution in [0, 0.1) is 6.92 Å². The number of rotatable bonds is 3. The van der Waals surface area contributed by atoms with Crippen LogP contribution in [0.4, 0.5) is 5.69 Å². The third kappa shape index (κ3) is 2.62. The van der Waals surface area contributed by atoms with Crippen LogP contribution >= 0.6 is 11.8 Å². The van der Waals surface area contributed by atoms with Crippen molar-refractivity contribution in [2.24, 2.45) is 0 Å². The van der Waals surface area contributed by atoms with Crippen molar-refractivity contribution < 1.29 is 9.59 Å². The fourth-order valence-electron chi connectivity index (χ4n) is 3.85. The van der Waals surface area contributed by atoms with Crippen LogP contribution in [0.15, 0.2) is 48.5 Å². The third-order valence-corrected chi connectivity index (χ3v) is 6.01. The number of carbonyl (C=O) groups is 2. The van der Waals surface area contributed by atoms with Gasteiger partial charge in [0.15, 0.2) is 0 Å². The Balaban J connectivity index is 1.70. The Bertz CT molecular complexity index is 1260. The Morgan fingerprint density at radius 1 is 1.14 bits per heavy atom. The SMILES string of the molecule is Cc1nc2ccccc2c2c(NC(=O)CN3CSCC3=O)c3ccccc3n12. The summed E-state index contributed by atoms with van der Waals surface area (Å²) >= 11 is 1.53. The van der Waals surface area contributed by atoms with Crippen molar-refractivity contribution >= 4 is 56.6 Å². The molecule has 2 aromatic heterocycles. The normalized spacial score (nSPS) is 14.5. The average molecular weight is 390 g/mol. The minimum atomic E-state index is -0.187. The number of carbonyl (C=O) groups excluding carboxylic acids is 2. The minimum absolute atomic E-state index is 0.0113. The van der Waals surface area contributed by atoms with Gasteiger partial charge in [-0.3, -0.25) is 14.0 Å². The highest BCUT2D eigenvalue weighted by Crippen LogP contribution is 2.36. The summed E-state index contributed by atoms with van der Waals surface area (Å²) in [5, 5.41) is 5.02. The first-order chi connectivity index (χ1) is 13.6. The number of nitrogens with zero attached hydrogens (tertiary/aromatic N) is 3. The van der Waals surface area contributed by atoms with Crippen molar-refractivity contribution in [1.29, 1.82) is 0 Å². The molecule has 0 radical (unpaired) electrons. The monoisotopic (exact) mass is 390 g/mol. The number of para-hydroxylation sites is 2. The Morgan fingerprint density at radius 3 is 2.68 bits per heavy atom. The zero-order valence-electron chi connectivity index (χ0n) is 15.3. The summed E-state index contributed by atoms with van der Waals surface area (Å²) in [6, 6.07) is 15.9. The maximum atomic E-state index is 12.8. The van der Waals surface area contributed by atoms with Crippen LogP contribution in [0.3, 0.4) is 0 Å². The van der Waals surface area contributed by atoms with E-state index in [1.54, 1.807) is 4.90 Å². The van der Waals surface area contributed by atoms with Crippen molar-refractivity contribution in [3.8, 4) is 0 Å². The predicted octanol–water partition coefficient (Wildman–Crippen LogP) is 3.42. The molecule has 1 aliphatic rings. The van der Waals surface area contributed by atoms with E-state index in [-0.39, 0.29) is 18.4 Å². The number of amides is 2. The van der Waals surface area contributed by atoms with Gasteiger partial charge in [-0.15, -0.1) is 11.8 Å². The fraction of sp³-hybridized carbons (Fsp3) is 0.190. The van der Waals surface area contributed by atoms with Gasteiger partial charge in [-0.25, -0.2) is 4.98 Å². The van der Waals surface area contributed by atoms with Gasteiger partial charge >= 0.3 is 0 Å². The fourth-order valence-corrected chi connectivity index (χ4v) is 4.75. The van der Waals surface area contributed by atoms with E-state index in [9.17, 15) is 9.59 Å². The Kier molecular flexibility index (Phi) is 3.98. The van der Waals surface area contributed by atoms with E-state index >= 15 is 0 Å². The number of aromatic nitrogens is 2. The summed E-state index contributed by atoms with van der Waals surface area (Å²) < 4.78 is 2.09. The summed E-state index contributed by atoms with van der Waals surface area (Å²) in [7, 11) is 0. The number of nitrogens with one attached hydrogen (secondary N) is 1. The minimum Gasteiger partial charge on any atom is -0.323 e. The molecule has 2 amide bonds. The number of anilines is 1. The molecule has 1 fully saturated rings. The smallest absolute Gasteiger partial charge is 0.244 e. The summed E-state index contributed by atoms with van der Waals surface area (Å²) in [6.45, 7) is 2.04. The third-order valence-electron chi connectivity index (χ3n) is 5.06. The van der Waals surface area contributed by atoms with E-state index in [1.807, 2.05) is 55.5 Å². The van der Waals surface area contributed by atoms with Crippen molar-refractivity contribution in [2.75, 3.05) is 23.5 Å². The molecule has 1 aliphatic heterocycles. The molecule has 2 aromatic carbocycles. The van der Waals surface area contributed by atoms with Crippen molar-refractivity contribution in [1.82, 2.24) is 14.3 Å². The first-order valence-electron chi connectivity index (χ1n) is 9.07. The molecule has 0 unspecified atom stereocenters. The highest BCUT2D eigenvalue weighted by atomic mass is 32.2. The van der Waals surface area contributed by atoms with Crippen LogP contribution in [0.5, 0.6) is 0 Å². The molecule has 7 heteroatoms. The second-order valence-electron chi connectivity index (χ2n) is 6.87. The predicted molar refractivity (Wildman–Crippen MR) is 113 cm³/mol. The van der Waals surface area contributed by atoms with Gasteiger partial charge in [0.25, 0.3) is 0 Å². The lowest BCUT2D eigenvalue weighted by Crippen LogP contribution is -2.34. The van der Waals surface area contributed by atoms with Crippen molar-refractivity contribution in [3.05, 3.63) is 54.4 Å². The Hall–Kier alpha value is -3.06. The van der Waals surface area contributed by atoms with Crippen molar-refractivity contribution in [3.63, 3.8) is 0 Å². The molecule has 3 heterocycles. The van der Waals surface area contributed by atoms with Gasteiger partial charge in [-0.1, -0.05) is 36.4 Å². The molecule has 0 saturated carbocycles. The summed E-state index contributed by atoms with van der Waals surface area (Å²) in [5.74, 6) is 1.69. The van der Waals surface area contributed by atoms with E-state index in [4.69, 9.17) is 4.98 Å². The molecule has 140 valence electrons. The number of hydrogen-bond donors (Lipinski definition) is 1. The number of thioether (sulfide) groups is 1. The van der Waals surface area contributed by atoms with E-state index in [2.05, 4.69) is 9.72 Å². The topological polar surface area (TPSA) is 66.7 Å². The lowest BCUT2D eigenvalue weighted by atomic mass is 10.1. The second-order valence-corrected chi connectivity index (χ2v) is 7.82. The second kappa shape index (κ2) is 6.53. The Labute approximate surface area is 165 Å². The molecule has 0 aliphatic carbocycles. The molecule has 1 saturated heterocycles. The molecule has 0 spiro atoms. The molecule has 6 nitrogen and oxygen atoms in total. The van der Waals surface area contributed by atoms with Crippen molar-refractivity contribution in [2.45, 2.75) is 6.92 Å². The molecule has 1 N–H and O–H groups in total. The van der Waals surface area contributed by atoms with Gasteiger partial charge < -0.3 is 10.2 Å². The van der Waals surface area contributed by atoms with Gasteiger partial charge in [-0.05, 0) is 19.1 Å². The number of benzene rings is 2. The lowest BCUT2D eigenvalue weighted by Gasteiger charge is -2.14. The van der Waals surface area contributed by atoms with Crippen LogP contribution in [0.2, 0.25) is 0 Å². The largest absolute Gasteiger partial charge is 0.323 e. The highest BCUT2D eigenvalue weighted by molar-refractivity contribution is 8.00. The van der Waals surface area contributed by atoms with E-state index in [1.165, 1.54) is 11.8 Å². The summed E-state index contributed by atoms with van der Waals surface area (Å²) in [6.07, 6.45) is 0. The molecule has 0 atom stereocenters. The van der Waals surface area contributed by atoms with Crippen LogP contribution in [0.25, 0.3) is 27.3 Å². The zero-order chi connectivity index (χ0) is 19.3. The quantitative estimate of drug-likeness (QED) is 0.582. The lowest BCUT2D eigenvalue weighted by molar-refractivity contribution is -0.130. The van der Waals surface area contributed by atoms with Gasteiger partial charge in [0.2, 0.25) is 11.8 Å². The van der Waals surface area contributed by atoms with Crippen LogP contribution in [-0.2, 0) is 9.59 Å². The number of fused-ring (bicyclic) bond motifs is 5. The molecule has 0 bridgehead atoms. The van der Waals surface area contributed by atoms with Crippen LogP contribution in [0.1, 0.15) is 5.82 Å². The molecular formula is C21H18N4O2S. The standard InChI is InChI=1S/C21H18N4O2S/c1-13-22-16-8-4-2-6-14(16)21-20(15-7-3-5-9-17(15)25(13)21)23-18(26)10-24-12-28-11-19(24)27/h2-9H,10-12H2,1H3,(H,23,26). The molecule has 28 heavy (non-hydrogen) atoms. The van der Waals surface area contributed by atoms with Gasteiger partial charge in [-0.2, -0.15) is 0 Å². The first kappa shape index (κ1) is 17.1. The van der Waals surface area contributed by atoms with Crippen LogP contribution < -0.4 is 5.32 Å².